The first kappa shape index (κ1) is 6.81. The van der Waals surface area contributed by atoms with Gasteiger partial charge in [0.2, 0.25) is 0 Å². The molecule has 0 aliphatic heterocycles. The molecule has 0 N–H and O–H groups in total. The SMILES string of the molecule is C#Cc1cnc2cccnc2c1. The Morgan fingerprint density at radius 2 is 2.17 bits per heavy atom. The van der Waals surface area contributed by atoms with E-state index in [0.29, 0.717) is 0 Å². The van der Waals surface area contributed by atoms with Crippen LogP contribution in [-0.4, -0.2) is 9.97 Å². The number of pyridine rings is 2. The van der Waals surface area contributed by atoms with Crippen LogP contribution in [0.25, 0.3) is 11.0 Å². The van der Waals surface area contributed by atoms with E-state index in [2.05, 4.69) is 15.9 Å². The Morgan fingerprint density at radius 3 is 3.00 bits per heavy atom. The summed E-state index contributed by atoms with van der Waals surface area (Å²) in [5, 5.41) is 0. The van der Waals surface area contributed by atoms with Gasteiger partial charge in [-0.2, -0.15) is 0 Å². The fourth-order valence-corrected chi connectivity index (χ4v) is 1.03. The Bertz CT molecular complexity index is 455. The highest BCUT2D eigenvalue weighted by molar-refractivity contribution is 5.74. The lowest BCUT2D eigenvalue weighted by Crippen LogP contribution is -1.83. The minimum Gasteiger partial charge on any atom is -0.255 e. The fraction of sp³-hybridized carbons (Fsp3) is 0. The monoisotopic (exact) mass is 154 g/mol. The quantitative estimate of drug-likeness (QED) is 0.539. The summed E-state index contributed by atoms with van der Waals surface area (Å²) < 4.78 is 0. The highest BCUT2D eigenvalue weighted by Crippen LogP contribution is 2.08. The summed E-state index contributed by atoms with van der Waals surface area (Å²) in [4.78, 5) is 8.28. The van der Waals surface area contributed by atoms with Crippen molar-refractivity contribution in [3.05, 3.63) is 36.2 Å². The molecule has 0 unspecified atom stereocenters. The van der Waals surface area contributed by atoms with Crippen molar-refractivity contribution in [2.24, 2.45) is 0 Å². The smallest absolute Gasteiger partial charge is 0.0899 e. The normalized spacial score (nSPS) is 9.58. The molecule has 0 radical (unpaired) electrons. The molecule has 2 aromatic heterocycles. The maximum atomic E-state index is 5.22. The Labute approximate surface area is 70.3 Å². The summed E-state index contributed by atoms with van der Waals surface area (Å²) >= 11 is 0. The molecular weight excluding hydrogens is 148 g/mol. The van der Waals surface area contributed by atoms with E-state index >= 15 is 0 Å². The minimum absolute atomic E-state index is 0.765. The van der Waals surface area contributed by atoms with Gasteiger partial charge < -0.3 is 0 Å². The van der Waals surface area contributed by atoms with Crippen LogP contribution in [-0.2, 0) is 0 Å². The van der Waals surface area contributed by atoms with E-state index < -0.39 is 0 Å². The zero-order valence-corrected chi connectivity index (χ0v) is 6.36. The highest BCUT2D eigenvalue weighted by Gasteiger charge is 1.94. The lowest BCUT2D eigenvalue weighted by molar-refractivity contribution is 1.33. The molecule has 12 heavy (non-hydrogen) atoms. The Kier molecular flexibility index (Phi) is 1.49. The van der Waals surface area contributed by atoms with E-state index in [1.807, 2.05) is 18.2 Å². The van der Waals surface area contributed by atoms with Gasteiger partial charge in [-0.3, -0.25) is 9.97 Å². The van der Waals surface area contributed by atoms with Crippen LogP contribution < -0.4 is 0 Å². The van der Waals surface area contributed by atoms with Crippen molar-refractivity contribution in [2.75, 3.05) is 0 Å². The van der Waals surface area contributed by atoms with E-state index in [-0.39, 0.29) is 0 Å². The molecule has 0 atom stereocenters. The van der Waals surface area contributed by atoms with Gasteiger partial charge in [0.05, 0.1) is 11.0 Å². The topological polar surface area (TPSA) is 25.8 Å². The fourth-order valence-electron chi connectivity index (χ4n) is 1.03. The molecule has 0 aliphatic carbocycles. The first-order chi connectivity index (χ1) is 5.90. The predicted octanol–water partition coefficient (Wildman–Crippen LogP) is 1.61. The van der Waals surface area contributed by atoms with Crippen LogP contribution in [0.3, 0.4) is 0 Å². The summed E-state index contributed by atoms with van der Waals surface area (Å²) in [6.45, 7) is 0. The number of rotatable bonds is 0. The lowest BCUT2D eigenvalue weighted by Gasteiger charge is -1.94. The van der Waals surface area contributed by atoms with Crippen molar-refractivity contribution in [3.8, 4) is 12.3 Å². The summed E-state index contributed by atoms with van der Waals surface area (Å²) in [5.74, 6) is 2.52. The van der Waals surface area contributed by atoms with Crippen LogP contribution >= 0.6 is 0 Å². The van der Waals surface area contributed by atoms with Crippen molar-refractivity contribution in [2.45, 2.75) is 0 Å². The van der Waals surface area contributed by atoms with Gasteiger partial charge in [-0.1, -0.05) is 5.92 Å². The molecule has 56 valence electrons. The average molecular weight is 154 g/mol. The molecule has 0 aliphatic rings. The second-order valence-corrected chi connectivity index (χ2v) is 2.41. The van der Waals surface area contributed by atoms with E-state index in [9.17, 15) is 0 Å². The number of nitrogens with zero attached hydrogens (tertiary/aromatic N) is 2. The van der Waals surface area contributed by atoms with Gasteiger partial charge in [-0.05, 0) is 18.2 Å². The number of hydrogen-bond acceptors (Lipinski definition) is 2. The van der Waals surface area contributed by atoms with Crippen LogP contribution in [0, 0.1) is 12.3 Å². The third-order valence-electron chi connectivity index (χ3n) is 1.62. The maximum Gasteiger partial charge on any atom is 0.0899 e. The number of fused-ring (bicyclic) bond motifs is 1. The first-order valence-electron chi connectivity index (χ1n) is 3.57. The van der Waals surface area contributed by atoms with Crippen molar-refractivity contribution < 1.29 is 0 Å². The number of aromatic nitrogens is 2. The van der Waals surface area contributed by atoms with Gasteiger partial charge in [0.25, 0.3) is 0 Å². The third kappa shape index (κ3) is 1.02. The second kappa shape index (κ2) is 2.63. The molecule has 0 saturated heterocycles. The second-order valence-electron chi connectivity index (χ2n) is 2.41. The van der Waals surface area contributed by atoms with Crippen molar-refractivity contribution in [1.82, 2.24) is 9.97 Å². The maximum absolute atomic E-state index is 5.22. The van der Waals surface area contributed by atoms with Crippen LogP contribution in [0.1, 0.15) is 5.56 Å². The van der Waals surface area contributed by atoms with Crippen molar-refractivity contribution in [3.63, 3.8) is 0 Å². The summed E-state index contributed by atoms with van der Waals surface area (Å²) in [6, 6.07) is 5.61. The highest BCUT2D eigenvalue weighted by atomic mass is 14.7. The molecule has 0 saturated carbocycles. The molecule has 0 spiro atoms. The molecule has 2 aromatic rings. The number of hydrogen-bond donors (Lipinski definition) is 0. The zero-order valence-electron chi connectivity index (χ0n) is 6.36. The summed E-state index contributed by atoms with van der Waals surface area (Å²) in [6.07, 6.45) is 8.62. The lowest BCUT2D eigenvalue weighted by atomic mass is 10.2. The van der Waals surface area contributed by atoms with Gasteiger partial charge >= 0.3 is 0 Å². The molecule has 2 heterocycles. The van der Waals surface area contributed by atoms with Crippen LogP contribution in [0.5, 0.6) is 0 Å². The van der Waals surface area contributed by atoms with Gasteiger partial charge in [0.1, 0.15) is 0 Å². The Morgan fingerprint density at radius 1 is 1.25 bits per heavy atom. The Balaban J connectivity index is 2.78. The van der Waals surface area contributed by atoms with Gasteiger partial charge in [0.15, 0.2) is 0 Å². The third-order valence-corrected chi connectivity index (χ3v) is 1.62. The number of terminal acetylenes is 1. The molecule has 2 heteroatoms. The average Bonchev–Trinajstić information content (AvgIpc) is 2.17. The van der Waals surface area contributed by atoms with Gasteiger partial charge in [-0.25, -0.2) is 0 Å². The largest absolute Gasteiger partial charge is 0.255 e. The molecule has 0 bridgehead atoms. The van der Waals surface area contributed by atoms with Crippen LogP contribution in [0.15, 0.2) is 30.6 Å². The molecule has 0 fully saturated rings. The van der Waals surface area contributed by atoms with Gasteiger partial charge in [0, 0.05) is 18.0 Å². The van der Waals surface area contributed by atoms with Crippen molar-refractivity contribution >= 4 is 11.0 Å². The van der Waals surface area contributed by atoms with E-state index in [0.717, 1.165) is 16.6 Å². The van der Waals surface area contributed by atoms with E-state index in [1.54, 1.807) is 12.4 Å². The molecule has 0 aromatic carbocycles. The summed E-state index contributed by atoms with van der Waals surface area (Å²) in [7, 11) is 0. The zero-order chi connectivity index (χ0) is 8.39. The van der Waals surface area contributed by atoms with E-state index in [4.69, 9.17) is 6.42 Å². The molecular formula is C10H6N2. The van der Waals surface area contributed by atoms with Crippen LogP contribution in [0.4, 0.5) is 0 Å². The molecule has 2 rings (SSSR count). The van der Waals surface area contributed by atoms with Gasteiger partial charge in [-0.15, -0.1) is 6.42 Å². The standard InChI is InChI=1S/C10H6N2/c1-2-8-6-10-9(12-7-8)4-3-5-11-10/h1,3-7H. The molecule has 2 nitrogen and oxygen atoms in total. The predicted molar refractivity (Wildman–Crippen MR) is 47.5 cm³/mol. The minimum atomic E-state index is 0.765. The molecule has 0 amide bonds. The van der Waals surface area contributed by atoms with E-state index in [1.165, 1.54) is 0 Å². The van der Waals surface area contributed by atoms with Crippen LogP contribution in [0.2, 0.25) is 0 Å². The first-order valence-corrected chi connectivity index (χ1v) is 3.57. The summed E-state index contributed by atoms with van der Waals surface area (Å²) in [5.41, 5.74) is 2.48. The van der Waals surface area contributed by atoms with Crippen molar-refractivity contribution in [1.29, 1.82) is 0 Å². The Hall–Kier alpha value is -1.88.